The van der Waals surface area contributed by atoms with E-state index in [0.717, 1.165) is 6.42 Å². The third-order valence-corrected chi connectivity index (χ3v) is 1.04. The fourth-order valence-corrected chi connectivity index (χ4v) is 0.363. The lowest BCUT2D eigenvalue weighted by Gasteiger charge is -2.06. The second-order valence-electron chi connectivity index (χ2n) is 1.85. The van der Waals surface area contributed by atoms with Crippen molar-refractivity contribution in [2.45, 2.75) is 19.4 Å². The molecule has 1 unspecified atom stereocenters. The summed E-state index contributed by atoms with van der Waals surface area (Å²) < 4.78 is 0. The Kier molecular flexibility index (Phi) is 3.79. The standard InChI is InChI=1S/C5H12N2O2/c1-2-4(6)3-7-5(8)9/h4,7H,2-3,6H2,1H3,(H,8,9). The van der Waals surface area contributed by atoms with Crippen LogP contribution in [0.2, 0.25) is 0 Å². The molecule has 0 aromatic rings. The van der Waals surface area contributed by atoms with E-state index in [0.29, 0.717) is 6.54 Å². The van der Waals surface area contributed by atoms with E-state index >= 15 is 0 Å². The Morgan fingerprint density at radius 3 is 2.78 bits per heavy atom. The molecule has 0 spiro atoms. The largest absolute Gasteiger partial charge is 0.465 e. The van der Waals surface area contributed by atoms with E-state index in [4.69, 9.17) is 10.8 Å². The van der Waals surface area contributed by atoms with Crippen LogP contribution >= 0.6 is 0 Å². The Morgan fingerprint density at radius 1 is 1.89 bits per heavy atom. The van der Waals surface area contributed by atoms with E-state index in [2.05, 4.69) is 5.32 Å². The molecule has 0 bridgehead atoms. The van der Waals surface area contributed by atoms with Crippen molar-refractivity contribution in [2.75, 3.05) is 6.54 Å². The maximum atomic E-state index is 9.85. The van der Waals surface area contributed by atoms with Gasteiger partial charge in [-0.15, -0.1) is 0 Å². The van der Waals surface area contributed by atoms with Gasteiger partial charge < -0.3 is 16.2 Å². The predicted octanol–water partition coefficient (Wildman–Crippen LogP) is -0.00870. The molecular weight excluding hydrogens is 120 g/mol. The summed E-state index contributed by atoms with van der Waals surface area (Å²) in [5.74, 6) is 0. The molecule has 0 saturated carbocycles. The van der Waals surface area contributed by atoms with Gasteiger partial charge in [0.1, 0.15) is 0 Å². The normalized spacial score (nSPS) is 12.7. The minimum atomic E-state index is -1.01. The van der Waals surface area contributed by atoms with Gasteiger partial charge in [0, 0.05) is 12.6 Å². The van der Waals surface area contributed by atoms with Crippen molar-refractivity contribution < 1.29 is 9.90 Å². The second-order valence-corrected chi connectivity index (χ2v) is 1.85. The maximum Gasteiger partial charge on any atom is 0.404 e. The third-order valence-electron chi connectivity index (χ3n) is 1.04. The van der Waals surface area contributed by atoms with Crippen LogP contribution in [0.25, 0.3) is 0 Å². The van der Waals surface area contributed by atoms with Crippen LogP contribution in [-0.4, -0.2) is 23.8 Å². The Morgan fingerprint density at radius 2 is 2.44 bits per heavy atom. The summed E-state index contributed by atoms with van der Waals surface area (Å²) in [4.78, 5) is 9.85. The minimum absolute atomic E-state index is 0.0545. The van der Waals surface area contributed by atoms with Gasteiger partial charge in [0.2, 0.25) is 0 Å². The number of carboxylic acid groups (broad SMARTS) is 1. The summed E-state index contributed by atoms with van der Waals surface area (Å²) >= 11 is 0. The van der Waals surface area contributed by atoms with Gasteiger partial charge >= 0.3 is 6.09 Å². The van der Waals surface area contributed by atoms with Crippen LogP contribution in [0.5, 0.6) is 0 Å². The molecule has 0 fully saturated rings. The van der Waals surface area contributed by atoms with Crippen LogP contribution < -0.4 is 11.1 Å². The number of hydrogen-bond donors (Lipinski definition) is 3. The molecule has 4 nitrogen and oxygen atoms in total. The third kappa shape index (κ3) is 5.10. The summed E-state index contributed by atoms with van der Waals surface area (Å²) in [7, 11) is 0. The van der Waals surface area contributed by atoms with Gasteiger partial charge in [0.15, 0.2) is 0 Å². The van der Waals surface area contributed by atoms with Gasteiger partial charge in [-0.2, -0.15) is 0 Å². The highest BCUT2D eigenvalue weighted by molar-refractivity contribution is 5.64. The summed E-state index contributed by atoms with van der Waals surface area (Å²) in [5.41, 5.74) is 5.40. The van der Waals surface area contributed by atoms with E-state index in [-0.39, 0.29) is 6.04 Å². The molecule has 4 heteroatoms. The molecule has 1 atom stereocenters. The first-order valence-corrected chi connectivity index (χ1v) is 2.89. The van der Waals surface area contributed by atoms with Crippen molar-refractivity contribution in [2.24, 2.45) is 5.73 Å². The van der Waals surface area contributed by atoms with Crippen LogP contribution in [0, 0.1) is 0 Å². The average Bonchev–Trinajstić information content (AvgIpc) is 1.83. The predicted molar refractivity (Wildman–Crippen MR) is 34.3 cm³/mol. The highest BCUT2D eigenvalue weighted by atomic mass is 16.4. The Hall–Kier alpha value is -0.770. The summed E-state index contributed by atoms with van der Waals surface area (Å²) in [6.45, 7) is 2.25. The van der Waals surface area contributed by atoms with Crippen LogP contribution in [0.4, 0.5) is 4.79 Å². The quantitative estimate of drug-likeness (QED) is 0.505. The number of rotatable bonds is 3. The molecule has 0 aromatic heterocycles. The topological polar surface area (TPSA) is 75.3 Å². The van der Waals surface area contributed by atoms with E-state index in [9.17, 15) is 4.79 Å². The molecule has 54 valence electrons. The molecule has 0 radical (unpaired) electrons. The molecule has 0 rings (SSSR count). The fraction of sp³-hybridized carbons (Fsp3) is 0.800. The first-order valence-electron chi connectivity index (χ1n) is 2.89. The van der Waals surface area contributed by atoms with Crippen molar-refractivity contribution in [1.29, 1.82) is 0 Å². The van der Waals surface area contributed by atoms with Crippen molar-refractivity contribution in [3.63, 3.8) is 0 Å². The van der Waals surface area contributed by atoms with E-state index in [1.807, 2.05) is 6.92 Å². The van der Waals surface area contributed by atoms with Crippen LogP contribution in [0.3, 0.4) is 0 Å². The summed E-state index contributed by atoms with van der Waals surface area (Å²) in [5, 5.41) is 10.3. The van der Waals surface area contributed by atoms with E-state index in [1.54, 1.807) is 0 Å². The summed E-state index contributed by atoms with van der Waals surface area (Å²) in [6, 6.07) is -0.0545. The number of nitrogens with two attached hydrogens (primary N) is 1. The lowest BCUT2D eigenvalue weighted by atomic mass is 10.2. The van der Waals surface area contributed by atoms with Gasteiger partial charge in [-0.05, 0) is 6.42 Å². The molecule has 0 heterocycles. The molecule has 0 aliphatic carbocycles. The zero-order chi connectivity index (χ0) is 7.28. The SMILES string of the molecule is CCC(N)CNC(=O)O. The lowest BCUT2D eigenvalue weighted by Crippen LogP contribution is -2.35. The van der Waals surface area contributed by atoms with E-state index in [1.165, 1.54) is 0 Å². The molecule has 4 N–H and O–H groups in total. The number of carbonyl (C=O) groups is 1. The Labute approximate surface area is 54.0 Å². The average molecular weight is 132 g/mol. The molecule has 0 aliphatic heterocycles. The van der Waals surface area contributed by atoms with Crippen LogP contribution in [-0.2, 0) is 0 Å². The first-order chi connectivity index (χ1) is 4.16. The molecule has 0 aromatic carbocycles. The number of amides is 1. The fourth-order valence-electron chi connectivity index (χ4n) is 0.363. The zero-order valence-corrected chi connectivity index (χ0v) is 5.42. The van der Waals surface area contributed by atoms with Crippen molar-refractivity contribution in [3.05, 3.63) is 0 Å². The molecule has 0 aliphatic rings. The highest BCUT2D eigenvalue weighted by Gasteiger charge is 1.99. The Bertz CT molecular complexity index is 95.0. The summed E-state index contributed by atoms with van der Waals surface area (Å²) in [6.07, 6.45) is -0.223. The van der Waals surface area contributed by atoms with Gasteiger partial charge in [-0.3, -0.25) is 0 Å². The van der Waals surface area contributed by atoms with Crippen molar-refractivity contribution >= 4 is 6.09 Å². The van der Waals surface area contributed by atoms with Gasteiger partial charge in [0.05, 0.1) is 0 Å². The highest BCUT2D eigenvalue weighted by Crippen LogP contribution is 1.81. The minimum Gasteiger partial charge on any atom is -0.465 e. The molecule has 9 heavy (non-hydrogen) atoms. The van der Waals surface area contributed by atoms with Gasteiger partial charge in [-0.25, -0.2) is 4.79 Å². The van der Waals surface area contributed by atoms with Crippen LogP contribution in [0.1, 0.15) is 13.3 Å². The Balaban J connectivity index is 3.16. The number of hydrogen-bond acceptors (Lipinski definition) is 2. The first kappa shape index (κ1) is 8.23. The lowest BCUT2D eigenvalue weighted by molar-refractivity contribution is 0.193. The maximum absolute atomic E-state index is 9.85. The molecule has 1 amide bonds. The zero-order valence-electron chi connectivity index (χ0n) is 5.42. The smallest absolute Gasteiger partial charge is 0.404 e. The number of nitrogens with one attached hydrogen (secondary N) is 1. The molecular formula is C5H12N2O2. The second kappa shape index (κ2) is 4.14. The van der Waals surface area contributed by atoms with E-state index < -0.39 is 6.09 Å². The molecule has 0 saturated heterocycles. The monoisotopic (exact) mass is 132 g/mol. The van der Waals surface area contributed by atoms with Crippen LogP contribution in [0.15, 0.2) is 0 Å². The van der Waals surface area contributed by atoms with Crippen molar-refractivity contribution in [3.8, 4) is 0 Å². The van der Waals surface area contributed by atoms with Gasteiger partial charge in [0.25, 0.3) is 0 Å². The van der Waals surface area contributed by atoms with Crippen molar-refractivity contribution in [1.82, 2.24) is 5.32 Å². The van der Waals surface area contributed by atoms with Gasteiger partial charge in [-0.1, -0.05) is 6.92 Å².